The summed E-state index contributed by atoms with van der Waals surface area (Å²) in [5.41, 5.74) is 6.68. The van der Waals surface area contributed by atoms with Crippen LogP contribution in [-0.2, 0) is 6.42 Å². The van der Waals surface area contributed by atoms with Crippen molar-refractivity contribution in [2.75, 3.05) is 17.6 Å². The van der Waals surface area contributed by atoms with E-state index >= 15 is 0 Å². The molecule has 17 heavy (non-hydrogen) atoms. The number of hydrogen-bond acceptors (Lipinski definition) is 5. The van der Waals surface area contributed by atoms with Crippen molar-refractivity contribution in [2.24, 2.45) is 0 Å². The van der Waals surface area contributed by atoms with Gasteiger partial charge in [0.25, 0.3) is 0 Å². The average molecular weight is 230 g/mol. The van der Waals surface area contributed by atoms with Crippen LogP contribution in [0.2, 0.25) is 0 Å². The molecule has 0 aliphatic heterocycles. The van der Waals surface area contributed by atoms with Crippen molar-refractivity contribution in [3.63, 3.8) is 0 Å². The minimum absolute atomic E-state index is 0.279. The number of nitrogens with zero attached hydrogens (tertiary/aromatic N) is 2. The molecule has 88 valence electrons. The van der Waals surface area contributed by atoms with E-state index in [2.05, 4.69) is 15.3 Å². The van der Waals surface area contributed by atoms with Gasteiger partial charge in [-0.3, -0.25) is 0 Å². The molecule has 0 aliphatic carbocycles. The van der Waals surface area contributed by atoms with Crippen LogP contribution in [0.1, 0.15) is 5.56 Å². The Balaban J connectivity index is 1.85. The number of phenolic OH excluding ortho intramolecular Hbond substituents is 1. The van der Waals surface area contributed by atoms with Gasteiger partial charge in [-0.2, -0.15) is 4.98 Å². The van der Waals surface area contributed by atoms with E-state index in [1.807, 2.05) is 12.1 Å². The van der Waals surface area contributed by atoms with Crippen LogP contribution in [0.4, 0.5) is 11.8 Å². The lowest BCUT2D eigenvalue weighted by Crippen LogP contribution is -2.08. The van der Waals surface area contributed by atoms with Gasteiger partial charge >= 0.3 is 0 Å². The number of benzene rings is 1. The molecule has 1 aromatic carbocycles. The predicted molar refractivity (Wildman–Crippen MR) is 66.7 cm³/mol. The smallest absolute Gasteiger partial charge is 0.224 e. The molecular weight excluding hydrogens is 216 g/mol. The van der Waals surface area contributed by atoms with Crippen molar-refractivity contribution in [1.82, 2.24) is 9.97 Å². The number of anilines is 2. The van der Waals surface area contributed by atoms with Gasteiger partial charge in [-0.05, 0) is 30.2 Å². The lowest BCUT2D eigenvalue weighted by atomic mass is 10.1. The minimum Gasteiger partial charge on any atom is -0.508 e. The first-order valence-electron chi connectivity index (χ1n) is 5.34. The number of nitrogens with two attached hydrogens (primary N) is 1. The molecule has 0 bridgehead atoms. The normalized spacial score (nSPS) is 10.1. The van der Waals surface area contributed by atoms with E-state index < -0.39 is 0 Å². The maximum absolute atomic E-state index is 9.14. The van der Waals surface area contributed by atoms with Crippen LogP contribution in [0.5, 0.6) is 5.75 Å². The van der Waals surface area contributed by atoms with E-state index in [0.717, 1.165) is 12.0 Å². The van der Waals surface area contributed by atoms with Crippen LogP contribution < -0.4 is 11.1 Å². The summed E-state index contributed by atoms with van der Waals surface area (Å²) < 4.78 is 0. The van der Waals surface area contributed by atoms with Gasteiger partial charge in [0.2, 0.25) is 5.95 Å². The Labute approximate surface area is 99.3 Å². The second-order valence-corrected chi connectivity index (χ2v) is 3.65. The largest absolute Gasteiger partial charge is 0.508 e. The monoisotopic (exact) mass is 230 g/mol. The molecular formula is C12H14N4O. The zero-order valence-electron chi connectivity index (χ0n) is 9.30. The summed E-state index contributed by atoms with van der Waals surface area (Å²) >= 11 is 0. The molecule has 4 N–H and O–H groups in total. The SMILES string of the molecule is Nc1ccnc(NCCc2ccc(O)cc2)n1. The summed E-state index contributed by atoms with van der Waals surface area (Å²) in [6, 6.07) is 8.76. The molecule has 0 unspecified atom stereocenters. The summed E-state index contributed by atoms with van der Waals surface area (Å²) in [6.45, 7) is 0.716. The van der Waals surface area contributed by atoms with Crippen molar-refractivity contribution < 1.29 is 5.11 Å². The number of hydrogen-bond donors (Lipinski definition) is 3. The highest BCUT2D eigenvalue weighted by Gasteiger charge is 1.97. The first-order chi connectivity index (χ1) is 8.24. The fourth-order valence-corrected chi connectivity index (χ4v) is 1.44. The molecule has 0 aliphatic rings. The van der Waals surface area contributed by atoms with E-state index in [9.17, 15) is 0 Å². The molecule has 0 spiro atoms. The highest BCUT2D eigenvalue weighted by atomic mass is 16.3. The molecule has 0 radical (unpaired) electrons. The number of nitrogen functional groups attached to an aromatic ring is 1. The van der Waals surface area contributed by atoms with E-state index in [4.69, 9.17) is 10.8 Å². The van der Waals surface area contributed by atoms with Gasteiger partial charge in [0.1, 0.15) is 11.6 Å². The number of phenols is 1. The third kappa shape index (κ3) is 3.34. The average Bonchev–Trinajstić information content (AvgIpc) is 2.32. The Morgan fingerprint density at radius 3 is 2.65 bits per heavy atom. The van der Waals surface area contributed by atoms with Gasteiger partial charge in [0.15, 0.2) is 0 Å². The Kier molecular flexibility index (Phi) is 3.40. The van der Waals surface area contributed by atoms with E-state index in [-0.39, 0.29) is 5.75 Å². The molecule has 2 rings (SSSR count). The van der Waals surface area contributed by atoms with Gasteiger partial charge in [-0.25, -0.2) is 4.98 Å². The van der Waals surface area contributed by atoms with Gasteiger partial charge in [0, 0.05) is 12.7 Å². The third-order valence-electron chi connectivity index (χ3n) is 2.31. The fourth-order valence-electron chi connectivity index (χ4n) is 1.44. The van der Waals surface area contributed by atoms with Crippen molar-refractivity contribution in [3.05, 3.63) is 42.1 Å². The molecule has 0 saturated heterocycles. The number of aromatic hydroxyl groups is 1. The van der Waals surface area contributed by atoms with Crippen LogP contribution in [0.25, 0.3) is 0 Å². The Morgan fingerprint density at radius 2 is 1.94 bits per heavy atom. The van der Waals surface area contributed by atoms with Crippen molar-refractivity contribution >= 4 is 11.8 Å². The van der Waals surface area contributed by atoms with Crippen LogP contribution in [-0.4, -0.2) is 21.6 Å². The van der Waals surface area contributed by atoms with Crippen LogP contribution >= 0.6 is 0 Å². The predicted octanol–water partition coefficient (Wildman–Crippen LogP) is 1.42. The van der Waals surface area contributed by atoms with E-state index in [0.29, 0.717) is 18.3 Å². The summed E-state index contributed by atoms with van der Waals surface area (Å²) in [5.74, 6) is 1.26. The highest BCUT2D eigenvalue weighted by molar-refractivity contribution is 5.35. The summed E-state index contributed by atoms with van der Waals surface area (Å²) in [4.78, 5) is 8.08. The Morgan fingerprint density at radius 1 is 1.18 bits per heavy atom. The Hall–Kier alpha value is -2.30. The summed E-state index contributed by atoms with van der Waals surface area (Å²) in [7, 11) is 0. The second-order valence-electron chi connectivity index (χ2n) is 3.65. The quantitative estimate of drug-likeness (QED) is 0.739. The maximum Gasteiger partial charge on any atom is 0.224 e. The van der Waals surface area contributed by atoms with Gasteiger partial charge in [0.05, 0.1) is 0 Å². The number of aromatic nitrogens is 2. The van der Waals surface area contributed by atoms with Crippen LogP contribution in [0.15, 0.2) is 36.5 Å². The van der Waals surface area contributed by atoms with Gasteiger partial charge in [-0.15, -0.1) is 0 Å². The lowest BCUT2D eigenvalue weighted by Gasteiger charge is -2.05. The standard InChI is InChI=1S/C12H14N4O/c13-11-6-8-15-12(16-11)14-7-5-9-1-3-10(17)4-2-9/h1-4,6,8,17H,5,7H2,(H3,13,14,15,16). The van der Waals surface area contributed by atoms with Crippen LogP contribution in [0.3, 0.4) is 0 Å². The molecule has 5 heteroatoms. The number of nitrogens with one attached hydrogen (secondary N) is 1. The zero-order valence-corrected chi connectivity index (χ0v) is 9.30. The highest BCUT2D eigenvalue weighted by Crippen LogP contribution is 2.10. The van der Waals surface area contributed by atoms with Crippen molar-refractivity contribution in [3.8, 4) is 5.75 Å². The molecule has 0 atom stereocenters. The molecule has 2 aromatic rings. The molecule has 0 amide bonds. The van der Waals surface area contributed by atoms with Crippen LogP contribution in [0, 0.1) is 0 Å². The Bertz CT molecular complexity index is 484. The van der Waals surface area contributed by atoms with E-state index in [1.54, 1.807) is 24.4 Å². The molecule has 0 saturated carbocycles. The van der Waals surface area contributed by atoms with Crippen molar-refractivity contribution in [1.29, 1.82) is 0 Å². The van der Waals surface area contributed by atoms with Crippen molar-refractivity contribution in [2.45, 2.75) is 6.42 Å². The topological polar surface area (TPSA) is 84.1 Å². The minimum atomic E-state index is 0.279. The van der Waals surface area contributed by atoms with Gasteiger partial charge < -0.3 is 16.2 Å². The molecule has 1 heterocycles. The molecule has 5 nitrogen and oxygen atoms in total. The summed E-state index contributed by atoms with van der Waals surface area (Å²) in [6.07, 6.45) is 2.45. The van der Waals surface area contributed by atoms with E-state index in [1.165, 1.54) is 0 Å². The zero-order chi connectivity index (χ0) is 12.1. The summed E-state index contributed by atoms with van der Waals surface area (Å²) in [5, 5.41) is 12.2. The second kappa shape index (κ2) is 5.16. The first-order valence-corrected chi connectivity index (χ1v) is 5.34. The first kappa shape index (κ1) is 11.2. The molecule has 1 aromatic heterocycles. The molecule has 0 fully saturated rings. The van der Waals surface area contributed by atoms with Gasteiger partial charge in [-0.1, -0.05) is 12.1 Å². The number of rotatable bonds is 4. The lowest BCUT2D eigenvalue weighted by molar-refractivity contribution is 0.475. The maximum atomic E-state index is 9.14. The third-order valence-corrected chi connectivity index (χ3v) is 2.31. The fraction of sp³-hybridized carbons (Fsp3) is 0.167.